The van der Waals surface area contributed by atoms with Crippen LogP contribution < -0.4 is 16.2 Å². The van der Waals surface area contributed by atoms with Crippen molar-refractivity contribution in [2.75, 3.05) is 6.54 Å². The third-order valence-corrected chi connectivity index (χ3v) is 5.68. The van der Waals surface area contributed by atoms with Gasteiger partial charge in [0.1, 0.15) is 17.9 Å². The molecule has 31 heavy (non-hydrogen) atoms. The quantitative estimate of drug-likeness (QED) is 0.592. The molecule has 166 valence electrons. The van der Waals surface area contributed by atoms with E-state index < -0.39 is 18.0 Å². The highest BCUT2D eigenvalue weighted by atomic mass is 16.2. The summed E-state index contributed by atoms with van der Waals surface area (Å²) in [5.74, 6) is 0.0897. The number of imidazole rings is 1. The molecular formula is C22H30N6O3. The summed E-state index contributed by atoms with van der Waals surface area (Å²) < 4.78 is 1.40. The maximum Gasteiger partial charge on any atom is 0.279 e. The van der Waals surface area contributed by atoms with E-state index in [2.05, 4.69) is 26.7 Å². The molecule has 1 unspecified atom stereocenters. The molecule has 0 spiro atoms. The van der Waals surface area contributed by atoms with Gasteiger partial charge in [0.2, 0.25) is 11.8 Å². The fourth-order valence-electron chi connectivity index (χ4n) is 4.03. The molecule has 1 aliphatic heterocycles. The van der Waals surface area contributed by atoms with Gasteiger partial charge in [0.15, 0.2) is 5.52 Å². The van der Waals surface area contributed by atoms with Crippen LogP contribution in [0.2, 0.25) is 0 Å². The number of fused-ring (bicyclic) bond motifs is 1. The lowest BCUT2D eigenvalue weighted by Crippen LogP contribution is -2.45. The number of rotatable bonds is 8. The second-order valence-corrected chi connectivity index (χ2v) is 8.53. The fourth-order valence-corrected chi connectivity index (χ4v) is 4.03. The molecule has 1 saturated heterocycles. The zero-order chi connectivity index (χ0) is 22.5. The van der Waals surface area contributed by atoms with Crippen LogP contribution in [-0.2, 0) is 16.0 Å². The Balaban J connectivity index is 1.84. The standard InChI is InChI=1S/C22H30N6O3/c1-4-18-26-16-7-9-28(22(31)19(16)27-18)17(10-13(2)3)21(30)25-15(12-23)11-14-6-5-8-24-20(14)29/h7,9,13-15,17H,4-6,8,10-11H2,1-3H3,(H,24,29)(H,25,30)(H,26,27)/t14-,15-,17?/m0/s1. The van der Waals surface area contributed by atoms with Crippen molar-refractivity contribution in [1.29, 1.82) is 5.26 Å². The lowest BCUT2D eigenvalue weighted by molar-refractivity contribution is -0.128. The monoisotopic (exact) mass is 426 g/mol. The van der Waals surface area contributed by atoms with E-state index >= 15 is 0 Å². The van der Waals surface area contributed by atoms with Crippen LogP contribution in [0.3, 0.4) is 0 Å². The fraction of sp³-hybridized carbons (Fsp3) is 0.591. The van der Waals surface area contributed by atoms with Crippen LogP contribution in [0.25, 0.3) is 11.0 Å². The molecule has 3 heterocycles. The number of hydrogen-bond donors (Lipinski definition) is 3. The number of aryl methyl sites for hydroxylation is 1. The Morgan fingerprint density at radius 3 is 2.84 bits per heavy atom. The van der Waals surface area contributed by atoms with Gasteiger partial charge >= 0.3 is 0 Å². The van der Waals surface area contributed by atoms with Gasteiger partial charge in [-0.05, 0) is 37.7 Å². The number of hydrogen-bond acceptors (Lipinski definition) is 5. The topological polar surface area (TPSA) is 133 Å². The van der Waals surface area contributed by atoms with Crippen molar-refractivity contribution in [3.8, 4) is 6.07 Å². The zero-order valence-electron chi connectivity index (χ0n) is 18.3. The zero-order valence-corrected chi connectivity index (χ0v) is 18.3. The first-order chi connectivity index (χ1) is 14.8. The summed E-state index contributed by atoms with van der Waals surface area (Å²) in [7, 11) is 0. The minimum Gasteiger partial charge on any atom is -0.356 e. The molecule has 2 aromatic heterocycles. The summed E-state index contributed by atoms with van der Waals surface area (Å²) in [5, 5.41) is 15.1. The Hall–Kier alpha value is -3.15. The van der Waals surface area contributed by atoms with Gasteiger partial charge < -0.3 is 20.2 Å². The van der Waals surface area contributed by atoms with Crippen LogP contribution in [0.1, 0.15) is 58.3 Å². The first-order valence-electron chi connectivity index (χ1n) is 10.9. The number of carbonyl (C=O) groups is 2. The smallest absolute Gasteiger partial charge is 0.279 e. The molecule has 0 bridgehead atoms. The second-order valence-electron chi connectivity index (χ2n) is 8.53. The number of piperidine rings is 1. The normalized spacial score (nSPS) is 18.4. The molecule has 0 aliphatic carbocycles. The van der Waals surface area contributed by atoms with Crippen molar-refractivity contribution in [3.05, 3.63) is 28.4 Å². The van der Waals surface area contributed by atoms with E-state index in [9.17, 15) is 19.6 Å². The molecule has 0 saturated carbocycles. The highest BCUT2D eigenvalue weighted by molar-refractivity contribution is 5.82. The number of amides is 2. The van der Waals surface area contributed by atoms with Gasteiger partial charge in [0.05, 0.1) is 11.6 Å². The van der Waals surface area contributed by atoms with E-state index in [0.717, 1.165) is 6.42 Å². The summed E-state index contributed by atoms with van der Waals surface area (Å²) in [6, 6.07) is 2.28. The molecule has 3 atom stereocenters. The lowest BCUT2D eigenvalue weighted by Gasteiger charge is -2.26. The number of carbonyl (C=O) groups excluding carboxylic acids is 2. The van der Waals surface area contributed by atoms with Gasteiger partial charge in [-0.15, -0.1) is 0 Å². The molecule has 2 aromatic rings. The Bertz CT molecular complexity index is 1050. The Labute approximate surface area is 181 Å². The summed E-state index contributed by atoms with van der Waals surface area (Å²) >= 11 is 0. The SMILES string of the molecule is CCc1nc2c(=O)n(C(CC(C)C)C(=O)N[C@H](C#N)C[C@@H]3CCCNC3=O)ccc2[nH]1. The van der Waals surface area contributed by atoms with E-state index in [0.29, 0.717) is 42.7 Å². The van der Waals surface area contributed by atoms with Crippen LogP contribution in [0.5, 0.6) is 0 Å². The lowest BCUT2D eigenvalue weighted by atomic mass is 9.91. The van der Waals surface area contributed by atoms with Gasteiger partial charge in [0, 0.05) is 25.1 Å². The largest absolute Gasteiger partial charge is 0.356 e. The number of nitrogens with zero attached hydrogens (tertiary/aromatic N) is 3. The summed E-state index contributed by atoms with van der Waals surface area (Å²) in [4.78, 5) is 45.8. The van der Waals surface area contributed by atoms with Gasteiger partial charge in [-0.1, -0.05) is 20.8 Å². The Morgan fingerprint density at radius 1 is 1.42 bits per heavy atom. The highest BCUT2D eigenvalue weighted by Gasteiger charge is 2.29. The van der Waals surface area contributed by atoms with Crippen LogP contribution >= 0.6 is 0 Å². The summed E-state index contributed by atoms with van der Waals surface area (Å²) in [6.07, 6.45) is 4.52. The van der Waals surface area contributed by atoms with Crippen molar-refractivity contribution >= 4 is 22.8 Å². The number of pyridine rings is 1. The molecule has 9 heteroatoms. The molecule has 3 rings (SSSR count). The van der Waals surface area contributed by atoms with Gasteiger partial charge in [0.25, 0.3) is 5.56 Å². The van der Waals surface area contributed by atoms with Crippen molar-refractivity contribution in [1.82, 2.24) is 25.2 Å². The van der Waals surface area contributed by atoms with Crippen LogP contribution in [0.15, 0.2) is 17.1 Å². The highest BCUT2D eigenvalue weighted by Crippen LogP contribution is 2.21. The Morgan fingerprint density at radius 2 is 2.19 bits per heavy atom. The van der Waals surface area contributed by atoms with E-state index in [1.165, 1.54) is 4.57 Å². The third-order valence-electron chi connectivity index (χ3n) is 5.68. The van der Waals surface area contributed by atoms with Crippen LogP contribution in [-0.4, -0.2) is 38.9 Å². The number of aromatic nitrogens is 3. The summed E-state index contributed by atoms with van der Waals surface area (Å²) in [6.45, 7) is 6.54. The average Bonchev–Trinajstić information content (AvgIpc) is 3.18. The molecule has 1 fully saturated rings. The molecule has 9 nitrogen and oxygen atoms in total. The van der Waals surface area contributed by atoms with Crippen molar-refractivity contribution in [3.63, 3.8) is 0 Å². The molecule has 3 N–H and O–H groups in total. The summed E-state index contributed by atoms with van der Waals surface area (Å²) in [5.41, 5.74) is 0.603. The average molecular weight is 427 g/mol. The minimum absolute atomic E-state index is 0.0774. The third kappa shape index (κ3) is 5.13. The maximum absolute atomic E-state index is 13.2. The van der Waals surface area contributed by atoms with E-state index in [-0.39, 0.29) is 29.7 Å². The number of nitriles is 1. The first kappa shape index (κ1) is 22.5. The van der Waals surface area contributed by atoms with Gasteiger partial charge in [-0.25, -0.2) is 4.98 Å². The van der Waals surface area contributed by atoms with Crippen molar-refractivity contribution in [2.24, 2.45) is 11.8 Å². The molecule has 0 radical (unpaired) electrons. The van der Waals surface area contributed by atoms with Gasteiger partial charge in [-0.3, -0.25) is 14.4 Å². The molecule has 2 amide bonds. The number of H-pyrrole nitrogens is 1. The van der Waals surface area contributed by atoms with Gasteiger partial charge in [-0.2, -0.15) is 5.26 Å². The first-order valence-corrected chi connectivity index (χ1v) is 10.9. The van der Waals surface area contributed by atoms with Crippen molar-refractivity contribution in [2.45, 2.75) is 65.0 Å². The van der Waals surface area contributed by atoms with Crippen LogP contribution in [0.4, 0.5) is 0 Å². The predicted molar refractivity (Wildman–Crippen MR) is 116 cm³/mol. The van der Waals surface area contributed by atoms with E-state index in [4.69, 9.17) is 0 Å². The van der Waals surface area contributed by atoms with E-state index in [1.54, 1.807) is 12.3 Å². The predicted octanol–water partition coefficient (Wildman–Crippen LogP) is 1.80. The minimum atomic E-state index is -0.799. The Kier molecular flexibility index (Phi) is 7.10. The number of nitrogens with one attached hydrogen (secondary N) is 3. The molecular weight excluding hydrogens is 396 g/mol. The molecule has 1 aliphatic rings. The number of aromatic amines is 1. The maximum atomic E-state index is 13.2. The van der Waals surface area contributed by atoms with E-state index in [1.807, 2.05) is 20.8 Å². The van der Waals surface area contributed by atoms with Crippen molar-refractivity contribution < 1.29 is 9.59 Å². The van der Waals surface area contributed by atoms with Crippen LogP contribution in [0, 0.1) is 23.2 Å². The molecule has 0 aromatic carbocycles. The second kappa shape index (κ2) is 9.77.